The highest BCUT2D eigenvalue weighted by Crippen LogP contribution is 2.37. The second-order valence-corrected chi connectivity index (χ2v) is 9.76. The minimum Gasteiger partial charge on any atom is -0.497 e. The Morgan fingerprint density at radius 2 is 1.98 bits per heavy atom. The van der Waals surface area contributed by atoms with Crippen molar-refractivity contribution in [1.29, 1.82) is 0 Å². The number of benzene rings is 2. The lowest BCUT2D eigenvalue weighted by Gasteiger charge is -2.18. The Balaban J connectivity index is 1.32. The second kappa shape index (κ2) is 10.9. The lowest BCUT2D eigenvalue weighted by molar-refractivity contribution is -0.123. The molecule has 0 aliphatic carbocycles. The minimum absolute atomic E-state index is 0.0474. The van der Waals surface area contributed by atoms with Crippen molar-refractivity contribution in [3.8, 4) is 40.2 Å². The smallest absolute Gasteiger partial charge is 0.258 e. The van der Waals surface area contributed by atoms with Crippen molar-refractivity contribution < 1.29 is 23.4 Å². The summed E-state index contributed by atoms with van der Waals surface area (Å²) in [6.07, 6.45) is 3.98. The third-order valence-corrected chi connectivity index (χ3v) is 6.88. The number of carbonyl (C=O) groups is 1. The number of halogens is 1. The molecule has 1 atom stereocenters. The number of rotatable bonds is 8. The molecule has 41 heavy (non-hydrogen) atoms. The minimum atomic E-state index is -0.825. The number of imidazole rings is 1. The van der Waals surface area contributed by atoms with Gasteiger partial charge in [-0.25, -0.2) is 24.0 Å². The SMILES string of the molecule is COc1ccc(Cn2cnc(-c3ncc(-c4nc5cc(OC(C)C(N)=O)cc6c5n4CCCCO6)cc3F)n2)cc1. The van der Waals surface area contributed by atoms with Crippen LogP contribution >= 0.6 is 0 Å². The summed E-state index contributed by atoms with van der Waals surface area (Å²) in [6.45, 7) is 3.25. The molecule has 0 spiro atoms. The molecule has 1 aliphatic rings. The first kappa shape index (κ1) is 26.2. The molecule has 0 fully saturated rings. The van der Waals surface area contributed by atoms with Crippen LogP contribution in [-0.2, 0) is 17.9 Å². The van der Waals surface area contributed by atoms with Crippen LogP contribution in [0.15, 0.2) is 55.0 Å². The zero-order chi connectivity index (χ0) is 28.5. The van der Waals surface area contributed by atoms with Gasteiger partial charge in [0.2, 0.25) is 5.82 Å². The molecule has 2 aromatic carbocycles. The highest BCUT2D eigenvalue weighted by molar-refractivity contribution is 5.88. The lowest BCUT2D eigenvalue weighted by atomic mass is 10.2. The fourth-order valence-corrected chi connectivity index (χ4v) is 4.76. The topological polar surface area (TPSA) is 132 Å². The number of hydrogen-bond donors (Lipinski definition) is 1. The number of amides is 1. The molecule has 3 aromatic heterocycles. The number of ether oxygens (including phenoxy) is 3. The van der Waals surface area contributed by atoms with Gasteiger partial charge in [0, 0.05) is 30.4 Å². The maximum absolute atomic E-state index is 15.5. The molecule has 1 unspecified atom stereocenters. The van der Waals surface area contributed by atoms with Gasteiger partial charge in [0.1, 0.15) is 40.6 Å². The molecule has 0 radical (unpaired) electrons. The summed E-state index contributed by atoms with van der Waals surface area (Å²) >= 11 is 0. The Kier molecular flexibility index (Phi) is 6.96. The number of primary amides is 1. The van der Waals surface area contributed by atoms with E-state index in [-0.39, 0.29) is 11.5 Å². The number of hydrogen-bond acceptors (Lipinski definition) is 8. The molecule has 2 N–H and O–H groups in total. The van der Waals surface area contributed by atoms with E-state index in [9.17, 15) is 4.79 Å². The van der Waals surface area contributed by atoms with Crippen LogP contribution in [0.4, 0.5) is 4.39 Å². The van der Waals surface area contributed by atoms with E-state index in [1.54, 1.807) is 43.4 Å². The van der Waals surface area contributed by atoms with Crippen molar-refractivity contribution >= 4 is 16.9 Å². The van der Waals surface area contributed by atoms with Crippen molar-refractivity contribution in [3.63, 3.8) is 0 Å². The molecule has 1 aliphatic heterocycles. The number of nitrogens with two attached hydrogens (primary N) is 1. The zero-order valence-electron chi connectivity index (χ0n) is 22.6. The van der Waals surface area contributed by atoms with Crippen LogP contribution in [0.2, 0.25) is 0 Å². The molecule has 210 valence electrons. The van der Waals surface area contributed by atoms with Crippen molar-refractivity contribution in [2.24, 2.45) is 5.73 Å². The predicted molar refractivity (Wildman–Crippen MR) is 148 cm³/mol. The number of aromatic nitrogens is 6. The van der Waals surface area contributed by atoms with E-state index in [4.69, 9.17) is 24.9 Å². The highest BCUT2D eigenvalue weighted by Gasteiger charge is 2.23. The molecule has 12 heteroatoms. The van der Waals surface area contributed by atoms with E-state index in [1.807, 2.05) is 28.8 Å². The van der Waals surface area contributed by atoms with E-state index in [1.165, 1.54) is 6.07 Å². The first-order chi connectivity index (χ1) is 19.9. The maximum Gasteiger partial charge on any atom is 0.258 e. The van der Waals surface area contributed by atoms with Gasteiger partial charge >= 0.3 is 0 Å². The lowest BCUT2D eigenvalue weighted by Crippen LogP contribution is -2.30. The summed E-state index contributed by atoms with van der Waals surface area (Å²) in [6, 6.07) is 12.4. The summed E-state index contributed by atoms with van der Waals surface area (Å²) in [5.41, 5.74) is 8.27. The van der Waals surface area contributed by atoms with Gasteiger partial charge in [0.05, 0.1) is 25.8 Å². The van der Waals surface area contributed by atoms with Gasteiger partial charge in [-0.1, -0.05) is 12.1 Å². The normalized spacial score (nSPS) is 13.7. The van der Waals surface area contributed by atoms with Gasteiger partial charge in [-0.3, -0.25) is 4.79 Å². The quantitative estimate of drug-likeness (QED) is 0.303. The van der Waals surface area contributed by atoms with Crippen molar-refractivity contribution in [1.82, 2.24) is 29.3 Å². The van der Waals surface area contributed by atoms with Gasteiger partial charge in [-0.05, 0) is 43.5 Å². The Morgan fingerprint density at radius 1 is 1.15 bits per heavy atom. The fourth-order valence-electron chi connectivity index (χ4n) is 4.76. The first-order valence-electron chi connectivity index (χ1n) is 13.2. The summed E-state index contributed by atoms with van der Waals surface area (Å²) in [4.78, 5) is 25.0. The van der Waals surface area contributed by atoms with Crippen LogP contribution in [0, 0.1) is 5.82 Å². The van der Waals surface area contributed by atoms with Gasteiger partial charge < -0.3 is 24.5 Å². The highest BCUT2D eigenvalue weighted by atomic mass is 19.1. The fraction of sp³-hybridized carbons (Fsp3) is 0.276. The summed E-state index contributed by atoms with van der Waals surface area (Å²) < 4.78 is 36.0. The Hall–Kier alpha value is -5.00. The van der Waals surface area contributed by atoms with E-state index >= 15 is 4.39 Å². The third-order valence-electron chi connectivity index (χ3n) is 6.88. The van der Waals surface area contributed by atoms with Crippen molar-refractivity contribution in [2.45, 2.75) is 39.0 Å². The molecule has 6 rings (SSSR count). The average Bonchev–Trinajstić information content (AvgIpc) is 3.56. The first-order valence-corrected chi connectivity index (χ1v) is 13.2. The Labute approximate surface area is 234 Å². The van der Waals surface area contributed by atoms with E-state index in [0.717, 1.165) is 29.7 Å². The number of aryl methyl sites for hydroxylation is 1. The molecular formula is C29H28FN7O4. The van der Waals surface area contributed by atoms with E-state index in [0.29, 0.717) is 48.1 Å². The molecule has 5 aromatic rings. The molecule has 11 nitrogen and oxygen atoms in total. The van der Waals surface area contributed by atoms with Crippen molar-refractivity contribution in [3.05, 3.63) is 66.4 Å². The van der Waals surface area contributed by atoms with Crippen LogP contribution in [0.25, 0.3) is 33.9 Å². The van der Waals surface area contributed by atoms with E-state index < -0.39 is 17.8 Å². The molecule has 0 bridgehead atoms. The third kappa shape index (κ3) is 5.28. The predicted octanol–water partition coefficient (Wildman–Crippen LogP) is 3.98. The summed E-state index contributed by atoms with van der Waals surface area (Å²) in [7, 11) is 1.62. The molecular weight excluding hydrogens is 529 g/mol. The van der Waals surface area contributed by atoms with Crippen LogP contribution < -0.4 is 19.9 Å². The van der Waals surface area contributed by atoms with Crippen LogP contribution in [-0.4, -0.2) is 55.0 Å². The largest absolute Gasteiger partial charge is 0.497 e. The van der Waals surface area contributed by atoms with Crippen molar-refractivity contribution in [2.75, 3.05) is 13.7 Å². The van der Waals surface area contributed by atoms with Gasteiger partial charge in [0.15, 0.2) is 11.9 Å². The average molecular weight is 558 g/mol. The van der Waals surface area contributed by atoms with Crippen LogP contribution in [0.1, 0.15) is 25.3 Å². The molecule has 0 saturated heterocycles. The summed E-state index contributed by atoms with van der Waals surface area (Å²) in [5, 5.41) is 4.43. The van der Waals surface area contributed by atoms with Gasteiger partial charge in [-0.15, -0.1) is 5.10 Å². The molecule has 0 saturated carbocycles. The Morgan fingerprint density at radius 3 is 2.73 bits per heavy atom. The number of methoxy groups -OCH3 is 1. The zero-order valence-corrected chi connectivity index (χ0v) is 22.6. The number of pyridine rings is 1. The van der Waals surface area contributed by atoms with Gasteiger partial charge in [-0.2, -0.15) is 0 Å². The molecule has 1 amide bonds. The van der Waals surface area contributed by atoms with Crippen LogP contribution in [0.3, 0.4) is 0 Å². The summed E-state index contributed by atoms with van der Waals surface area (Å²) in [5.74, 6) is 1.33. The molecule has 4 heterocycles. The Bertz CT molecular complexity index is 1730. The van der Waals surface area contributed by atoms with E-state index in [2.05, 4.69) is 15.1 Å². The number of nitrogens with zero attached hydrogens (tertiary/aromatic N) is 6. The van der Waals surface area contributed by atoms with Gasteiger partial charge in [0.25, 0.3) is 5.91 Å². The monoisotopic (exact) mass is 557 g/mol. The maximum atomic E-state index is 15.5. The van der Waals surface area contributed by atoms with Crippen LogP contribution in [0.5, 0.6) is 17.2 Å². The standard InChI is InChI=1S/C29H28FN7O4/c1-17(27(31)38)41-21-12-23-26-24(13-21)40-10-4-3-9-37(26)29(34-23)19-11-22(30)25(32-14-19)28-33-16-36(35-28)15-18-5-7-20(39-2)8-6-18/h5-8,11-14,16-17H,3-4,9-10,15H2,1-2H3,(H2,31,38). The number of carbonyl (C=O) groups excluding carboxylic acids is 1. The second-order valence-electron chi connectivity index (χ2n) is 9.76.